The average molecular weight is 400 g/mol. The van der Waals surface area contributed by atoms with Crippen LogP contribution in [0.25, 0.3) is 0 Å². The smallest absolute Gasteiger partial charge is 0.234 e. The lowest BCUT2D eigenvalue weighted by Crippen LogP contribution is -2.47. The maximum Gasteiger partial charge on any atom is 0.234 e. The van der Waals surface area contributed by atoms with Crippen LogP contribution in [0.3, 0.4) is 0 Å². The standard InChI is InChI=1S/C21H25N3OS2/c25-19(12-26-20-24-22-13-27-20)23-18-3-1-14(2-4-18)8-21-9-15-5-16(10-21)7-17(6-15)11-21/h1-4,13,15-17H,5-12H2,(H,23,25). The SMILES string of the molecule is O=C(CSc1nncs1)Nc1ccc(CC23CC4CC(CC(C4)C2)C3)cc1. The number of anilines is 1. The fourth-order valence-corrected chi connectivity index (χ4v) is 7.48. The van der Waals surface area contributed by atoms with Crippen molar-refractivity contribution in [1.82, 2.24) is 10.2 Å². The molecule has 0 aliphatic heterocycles. The predicted octanol–water partition coefficient (Wildman–Crippen LogP) is 5.03. The highest BCUT2D eigenvalue weighted by atomic mass is 32.2. The Kier molecular flexibility index (Phi) is 4.72. The zero-order valence-corrected chi connectivity index (χ0v) is 17.0. The number of carbonyl (C=O) groups is 1. The van der Waals surface area contributed by atoms with E-state index in [2.05, 4.69) is 39.8 Å². The fraction of sp³-hybridized carbons (Fsp3) is 0.571. The zero-order chi connectivity index (χ0) is 18.3. The summed E-state index contributed by atoms with van der Waals surface area (Å²) in [6.45, 7) is 0. The van der Waals surface area contributed by atoms with Gasteiger partial charge in [0.05, 0.1) is 5.75 Å². The topological polar surface area (TPSA) is 54.9 Å². The van der Waals surface area contributed by atoms with E-state index < -0.39 is 0 Å². The first-order chi connectivity index (χ1) is 13.2. The van der Waals surface area contributed by atoms with Gasteiger partial charge in [0, 0.05) is 5.69 Å². The molecule has 4 aliphatic carbocycles. The van der Waals surface area contributed by atoms with E-state index in [9.17, 15) is 4.79 Å². The van der Waals surface area contributed by atoms with Crippen molar-refractivity contribution >= 4 is 34.7 Å². The molecule has 6 rings (SSSR count). The molecule has 0 atom stereocenters. The highest BCUT2D eigenvalue weighted by molar-refractivity contribution is 8.01. The van der Waals surface area contributed by atoms with Crippen molar-refractivity contribution in [3.8, 4) is 0 Å². The lowest BCUT2D eigenvalue weighted by atomic mass is 9.48. The van der Waals surface area contributed by atoms with Crippen molar-refractivity contribution in [3.63, 3.8) is 0 Å². The molecular weight excluding hydrogens is 374 g/mol. The van der Waals surface area contributed by atoms with Gasteiger partial charge in [0.1, 0.15) is 5.51 Å². The molecule has 1 N–H and O–H groups in total. The van der Waals surface area contributed by atoms with Gasteiger partial charge in [0.25, 0.3) is 0 Å². The number of amides is 1. The van der Waals surface area contributed by atoms with Crippen LogP contribution >= 0.6 is 23.1 Å². The maximum absolute atomic E-state index is 12.1. The Morgan fingerprint density at radius 3 is 2.37 bits per heavy atom. The molecule has 4 bridgehead atoms. The second-order valence-electron chi connectivity index (χ2n) is 8.83. The maximum atomic E-state index is 12.1. The summed E-state index contributed by atoms with van der Waals surface area (Å²) in [5.41, 5.74) is 4.56. The normalized spacial score (nSPS) is 31.2. The predicted molar refractivity (Wildman–Crippen MR) is 110 cm³/mol. The molecule has 0 spiro atoms. The Morgan fingerprint density at radius 2 is 1.78 bits per heavy atom. The van der Waals surface area contributed by atoms with Crippen LogP contribution in [0.15, 0.2) is 34.1 Å². The monoisotopic (exact) mass is 399 g/mol. The van der Waals surface area contributed by atoms with Gasteiger partial charge < -0.3 is 5.32 Å². The molecule has 142 valence electrons. The van der Waals surface area contributed by atoms with Gasteiger partial charge in [-0.25, -0.2) is 0 Å². The first kappa shape index (κ1) is 17.7. The number of aromatic nitrogens is 2. The van der Waals surface area contributed by atoms with E-state index in [-0.39, 0.29) is 5.91 Å². The van der Waals surface area contributed by atoms with Crippen LogP contribution in [0.4, 0.5) is 5.69 Å². The third kappa shape index (κ3) is 3.92. The quantitative estimate of drug-likeness (QED) is 0.692. The summed E-state index contributed by atoms with van der Waals surface area (Å²) in [6, 6.07) is 8.55. The summed E-state index contributed by atoms with van der Waals surface area (Å²) >= 11 is 2.89. The minimum atomic E-state index is 0.00374. The molecule has 2 aromatic rings. The Bertz CT molecular complexity index is 768. The molecule has 0 unspecified atom stereocenters. The molecule has 4 aliphatic rings. The first-order valence-electron chi connectivity index (χ1n) is 9.94. The summed E-state index contributed by atoms with van der Waals surface area (Å²) in [7, 11) is 0. The Morgan fingerprint density at radius 1 is 1.11 bits per heavy atom. The number of hydrogen-bond acceptors (Lipinski definition) is 5. The largest absolute Gasteiger partial charge is 0.325 e. The third-order valence-corrected chi connectivity index (χ3v) is 8.51. The first-order valence-corrected chi connectivity index (χ1v) is 11.8. The van der Waals surface area contributed by atoms with Crippen LogP contribution in [0.5, 0.6) is 0 Å². The van der Waals surface area contributed by atoms with Gasteiger partial charge >= 0.3 is 0 Å². The van der Waals surface area contributed by atoms with Crippen LogP contribution < -0.4 is 5.32 Å². The lowest BCUT2D eigenvalue weighted by molar-refractivity contribution is -0.113. The van der Waals surface area contributed by atoms with E-state index in [1.165, 1.54) is 73.6 Å². The van der Waals surface area contributed by atoms with Gasteiger partial charge in [-0.05, 0) is 85.8 Å². The van der Waals surface area contributed by atoms with Gasteiger partial charge in [-0.3, -0.25) is 4.79 Å². The Hall–Kier alpha value is -1.40. The lowest BCUT2D eigenvalue weighted by Gasteiger charge is -2.57. The summed E-state index contributed by atoms with van der Waals surface area (Å²) in [6.07, 6.45) is 10.1. The van der Waals surface area contributed by atoms with Crippen LogP contribution in [0.1, 0.15) is 44.1 Å². The summed E-state index contributed by atoms with van der Waals surface area (Å²) < 4.78 is 0.830. The van der Waals surface area contributed by atoms with Gasteiger partial charge in [0.2, 0.25) is 5.91 Å². The number of nitrogens with zero attached hydrogens (tertiary/aromatic N) is 2. The number of rotatable bonds is 6. The van der Waals surface area contributed by atoms with Gasteiger partial charge in [0.15, 0.2) is 4.34 Å². The Labute approximate surface area is 168 Å². The molecule has 1 aromatic heterocycles. The molecule has 0 radical (unpaired) electrons. The number of carbonyl (C=O) groups excluding carboxylic acids is 1. The summed E-state index contributed by atoms with van der Waals surface area (Å²) in [5, 5.41) is 10.7. The van der Waals surface area contributed by atoms with Crippen molar-refractivity contribution in [2.45, 2.75) is 49.3 Å². The van der Waals surface area contributed by atoms with E-state index in [0.717, 1.165) is 27.8 Å². The molecular formula is C21H25N3OS2. The summed E-state index contributed by atoms with van der Waals surface area (Å²) in [5.74, 6) is 3.37. The second kappa shape index (κ2) is 7.21. The number of benzene rings is 1. The molecule has 1 aromatic carbocycles. The zero-order valence-electron chi connectivity index (χ0n) is 15.4. The van der Waals surface area contributed by atoms with Gasteiger partial charge in [-0.15, -0.1) is 10.2 Å². The minimum Gasteiger partial charge on any atom is -0.325 e. The molecule has 0 saturated heterocycles. The molecule has 1 amide bonds. The molecule has 6 heteroatoms. The fourth-order valence-electron chi connectivity index (χ4n) is 6.20. The van der Waals surface area contributed by atoms with Crippen LogP contribution in [-0.4, -0.2) is 21.9 Å². The Balaban J connectivity index is 1.18. The van der Waals surface area contributed by atoms with Gasteiger partial charge in [-0.1, -0.05) is 35.2 Å². The van der Waals surface area contributed by atoms with Crippen LogP contribution in [0.2, 0.25) is 0 Å². The second-order valence-corrected chi connectivity index (χ2v) is 10.9. The van der Waals surface area contributed by atoms with E-state index in [1.807, 2.05) is 0 Å². The van der Waals surface area contributed by atoms with Crippen molar-refractivity contribution in [1.29, 1.82) is 0 Å². The highest BCUT2D eigenvalue weighted by Gasteiger charge is 2.50. The number of thioether (sulfide) groups is 1. The number of hydrogen-bond donors (Lipinski definition) is 1. The van der Waals surface area contributed by atoms with E-state index in [4.69, 9.17) is 0 Å². The van der Waals surface area contributed by atoms with E-state index in [0.29, 0.717) is 11.2 Å². The average Bonchev–Trinajstić information content (AvgIpc) is 3.14. The molecule has 4 fully saturated rings. The van der Waals surface area contributed by atoms with Crippen molar-refractivity contribution in [2.24, 2.45) is 23.2 Å². The van der Waals surface area contributed by atoms with E-state index >= 15 is 0 Å². The molecule has 27 heavy (non-hydrogen) atoms. The number of nitrogens with one attached hydrogen (secondary N) is 1. The van der Waals surface area contributed by atoms with Crippen LogP contribution in [0, 0.1) is 23.2 Å². The minimum absolute atomic E-state index is 0.00374. The third-order valence-electron chi connectivity index (χ3n) is 6.65. The molecule has 1 heterocycles. The van der Waals surface area contributed by atoms with E-state index in [1.54, 1.807) is 5.51 Å². The van der Waals surface area contributed by atoms with Crippen LogP contribution in [-0.2, 0) is 11.2 Å². The van der Waals surface area contributed by atoms with Crippen molar-refractivity contribution in [2.75, 3.05) is 11.1 Å². The molecule has 4 saturated carbocycles. The van der Waals surface area contributed by atoms with Crippen molar-refractivity contribution in [3.05, 3.63) is 35.3 Å². The van der Waals surface area contributed by atoms with Crippen molar-refractivity contribution < 1.29 is 4.79 Å². The summed E-state index contributed by atoms with van der Waals surface area (Å²) in [4.78, 5) is 12.1. The van der Waals surface area contributed by atoms with Gasteiger partial charge in [-0.2, -0.15) is 0 Å². The molecule has 4 nitrogen and oxygen atoms in total. The highest BCUT2D eigenvalue weighted by Crippen LogP contribution is 2.61.